The monoisotopic (exact) mass is 272 g/mol. The highest BCUT2D eigenvalue weighted by molar-refractivity contribution is 5.36. The van der Waals surface area contributed by atoms with Crippen LogP contribution in [0.3, 0.4) is 0 Å². The number of benzene rings is 1. The number of nitrogens with two attached hydrogens (primary N) is 1. The SMILES string of the molecule is CCCN(CC1CC1)C(CN)c1ccccc1C1CC1. The Hall–Kier alpha value is -0.860. The first kappa shape index (κ1) is 14.1. The molecule has 2 aliphatic rings. The van der Waals surface area contributed by atoms with Gasteiger partial charge in [-0.2, -0.15) is 0 Å². The van der Waals surface area contributed by atoms with Crippen LogP contribution in [0, 0.1) is 5.92 Å². The van der Waals surface area contributed by atoms with Crippen molar-refractivity contribution in [3.8, 4) is 0 Å². The zero-order valence-electron chi connectivity index (χ0n) is 12.7. The van der Waals surface area contributed by atoms with Gasteiger partial charge in [0.2, 0.25) is 0 Å². The maximum Gasteiger partial charge on any atom is 0.0473 e. The average Bonchev–Trinajstić information content (AvgIpc) is 3.34. The molecule has 1 unspecified atom stereocenters. The van der Waals surface area contributed by atoms with Crippen LogP contribution in [0.4, 0.5) is 0 Å². The molecule has 20 heavy (non-hydrogen) atoms. The summed E-state index contributed by atoms with van der Waals surface area (Å²) in [6.07, 6.45) is 6.79. The highest BCUT2D eigenvalue weighted by Crippen LogP contribution is 2.44. The first-order valence-corrected chi connectivity index (χ1v) is 8.36. The Labute approximate surface area is 123 Å². The van der Waals surface area contributed by atoms with E-state index < -0.39 is 0 Å². The minimum absolute atomic E-state index is 0.423. The maximum atomic E-state index is 6.18. The summed E-state index contributed by atoms with van der Waals surface area (Å²) in [5, 5.41) is 0. The van der Waals surface area contributed by atoms with E-state index in [1.165, 1.54) is 50.8 Å². The van der Waals surface area contributed by atoms with E-state index in [-0.39, 0.29) is 0 Å². The molecule has 2 N–H and O–H groups in total. The van der Waals surface area contributed by atoms with E-state index in [1.807, 2.05) is 0 Å². The Morgan fingerprint density at radius 1 is 1.20 bits per heavy atom. The van der Waals surface area contributed by atoms with Gasteiger partial charge < -0.3 is 5.73 Å². The summed E-state index contributed by atoms with van der Waals surface area (Å²) < 4.78 is 0. The Balaban J connectivity index is 1.82. The highest BCUT2D eigenvalue weighted by Gasteiger charge is 2.32. The van der Waals surface area contributed by atoms with Crippen molar-refractivity contribution in [2.45, 2.75) is 51.0 Å². The van der Waals surface area contributed by atoms with Crippen LogP contribution in [0.5, 0.6) is 0 Å². The predicted octanol–water partition coefficient (Wildman–Crippen LogP) is 3.69. The van der Waals surface area contributed by atoms with Crippen LogP contribution in [-0.4, -0.2) is 24.5 Å². The Morgan fingerprint density at radius 3 is 2.55 bits per heavy atom. The minimum Gasteiger partial charge on any atom is -0.329 e. The first-order chi connectivity index (χ1) is 9.83. The molecule has 2 aliphatic carbocycles. The van der Waals surface area contributed by atoms with Gasteiger partial charge in [-0.25, -0.2) is 0 Å². The molecular formula is C18H28N2. The standard InChI is InChI=1S/C18H28N2/c1-2-11-20(13-14-7-8-14)18(12-19)17-6-4-3-5-16(17)15-9-10-15/h3-6,14-15,18H,2,7-13,19H2,1H3. The van der Waals surface area contributed by atoms with Gasteiger partial charge >= 0.3 is 0 Å². The molecule has 3 rings (SSSR count). The van der Waals surface area contributed by atoms with Gasteiger partial charge in [0.05, 0.1) is 0 Å². The van der Waals surface area contributed by atoms with E-state index in [0.717, 1.165) is 18.4 Å². The van der Waals surface area contributed by atoms with Crippen molar-refractivity contribution in [2.75, 3.05) is 19.6 Å². The number of hydrogen-bond acceptors (Lipinski definition) is 2. The molecule has 0 spiro atoms. The Morgan fingerprint density at radius 2 is 1.95 bits per heavy atom. The van der Waals surface area contributed by atoms with Crippen LogP contribution in [0.25, 0.3) is 0 Å². The van der Waals surface area contributed by atoms with Crippen LogP contribution < -0.4 is 5.73 Å². The fourth-order valence-electron chi connectivity index (χ4n) is 3.35. The van der Waals surface area contributed by atoms with Gasteiger partial charge in [-0.05, 0) is 61.6 Å². The number of rotatable bonds is 8. The normalized spacial score (nSPS) is 20.4. The van der Waals surface area contributed by atoms with Crippen LogP contribution in [0.1, 0.15) is 62.1 Å². The average molecular weight is 272 g/mol. The summed E-state index contributed by atoms with van der Waals surface area (Å²) in [6.45, 7) is 5.45. The summed E-state index contributed by atoms with van der Waals surface area (Å²) in [5.74, 6) is 1.74. The summed E-state index contributed by atoms with van der Waals surface area (Å²) in [5.41, 5.74) is 9.26. The zero-order valence-corrected chi connectivity index (χ0v) is 12.7. The first-order valence-electron chi connectivity index (χ1n) is 8.36. The fraction of sp³-hybridized carbons (Fsp3) is 0.667. The zero-order chi connectivity index (χ0) is 13.9. The Bertz CT molecular complexity index is 435. The lowest BCUT2D eigenvalue weighted by Crippen LogP contribution is -2.36. The van der Waals surface area contributed by atoms with Crippen molar-refractivity contribution in [2.24, 2.45) is 11.7 Å². The third-order valence-corrected chi connectivity index (χ3v) is 4.74. The van der Waals surface area contributed by atoms with Crippen LogP contribution in [0.15, 0.2) is 24.3 Å². The maximum absolute atomic E-state index is 6.18. The molecule has 0 bridgehead atoms. The fourth-order valence-corrected chi connectivity index (χ4v) is 3.35. The molecule has 2 fully saturated rings. The van der Waals surface area contributed by atoms with Crippen molar-refractivity contribution >= 4 is 0 Å². The predicted molar refractivity (Wildman–Crippen MR) is 84.8 cm³/mol. The van der Waals surface area contributed by atoms with E-state index in [9.17, 15) is 0 Å². The van der Waals surface area contributed by atoms with E-state index in [0.29, 0.717) is 6.04 Å². The summed E-state index contributed by atoms with van der Waals surface area (Å²) in [7, 11) is 0. The van der Waals surface area contributed by atoms with E-state index >= 15 is 0 Å². The molecule has 0 aromatic heterocycles. The molecule has 0 radical (unpaired) electrons. The lowest BCUT2D eigenvalue weighted by molar-refractivity contribution is 0.192. The van der Waals surface area contributed by atoms with Gasteiger partial charge in [0, 0.05) is 19.1 Å². The molecule has 0 heterocycles. The third-order valence-electron chi connectivity index (χ3n) is 4.74. The Kier molecular flexibility index (Phi) is 4.42. The van der Waals surface area contributed by atoms with E-state index in [4.69, 9.17) is 5.73 Å². The summed E-state index contributed by atoms with van der Waals surface area (Å²) in [4.78, 5) is 2.65. The molecule has 1 atom stereocenters. The molecule has 2 nitrogen and oxygen atoms in total. The van der Waals surface area contributed by atoms with Crippen molar-refractivity contribution in [1.29, 1.82) is 0 Å². The number of hydrogen-bond donors (Lipinski definition) is 1. The third kappa shape index (κ3) is 3.24. The largest absolute Gasteiger partial charge is 0.329 e. The molecular weight excluding hydrogens is 244 g/mol. The summed E-state index contributed by atoms with van der Waals surface area (Å²) in [6, 6.07) is 9.45. The number of nitrogens with zero attached hydrogens (tertiary/aromatic N) is 1. The molecule has 2 heteroatoms. The molecule has 1 aromatic rings. The summed E-state index contributed by atoms with van der Waals surface area (Å²) >= 11 is 0. The van der Waals surface area contributed by atoms with Gasteiger partial charge in [-0.3, -0.25) is 4.90 Å². The van der Waals surface area contributed by atoms with Gasteiger partial charge in [0.1, 0.15) is 0 Å². The van der Waals surface area contributed by atoms with Crippen LogP contribution in [0.2, 0.25) is 0 Å². The van der Waals surface area contributed by atoms with Crippen LogP contribution >= 0.6 is 0 Å². The molecule has 0 amide bonds. The topological polar surface area (TPSA) is 29.3 Å². The second-order valence-corrected chi connectivity index (χ2v) is 6.59. The van der Waals surface area contributed by atoms with E-state index in [1.54, 1.807) is 5.56 Å². The molecule has 2 saturated carbocycles. The molecule has 110 valence electrons. The van der Waals surface area contributed by atoms with Crippen molar-refractivity contribution in [3.63, 3.8) is 0 Å². The van der Waals surface area contributed by atoms with Gasteiger partial charge in [0.15, 0.2) is 0 Å². The second-order valence-electron chi connectivity index (χ2n) is 6.59. The molecule has 0 aliphatic heterocycles. The quantitative estimate of drug-likeness (QED) is 0.782. The smallest absolute Gasteiger partial charge is 0.0473 e. The van der Waals surface area contributed by atoms with E-state index in [2.05, 4.69) is 36.1 Å². The van der Waals surface area contributed by atoms with Crippen LogP contribution in [-0.2, 0) is 0 Å². The van der Waals surface area contributed by atoms with Crippen molar-refractivity contribution in [1.82, 2.24) is 4.90 Å². The minimum atomic E-state index is 0.423. The van der Waals surface area contributed by atoms with Crippen molar-refractivity contribution < 1.29 is 0 Å². The highest BCUT2D eigenvalue weighted by atomic mass is 15.2. The molecule has 0 saturated heterocycles. The second kappa shape index (κ2) is 6.28. The lowest BCUT2D eigenvalue weighted by atomic mass is 9.95. The lowest BCUT2D eigenvalue weighted by Gasteiger charge is -2.32. The van der Waals surface area contributed by atoms with Crippen molar-refractivity contribution in [3.05, 3.63) is 35.4 Å². The van der Waals surface area contributed by atoms with Gasteiger partial charge in [-0.1, -0.05) is 31.2 Å². The van der Waals surface area contributed by atoms with Gasteiger partial charge in [0.25, 0.3) is 0 Å². The van der Waals surface area contributed by atoms with Gasteiger partial charge in [-0.15, -0.1) is 0 Å². The molecule has 1 aromatic carbocycles.